The summed E-state index contributed by atoms with van der Waals surface area (Å²) in [5.74, 6) is -0.151. The third kappa shape index (κ3) is 3.79. The first kappa shape index (κ1) is 20.4. The highest BCUT2D eigenvalue weighted by Gasteiger charge is 2.32. The molecule has 7 nitrogen and oxygen atoms in total. The first-order chi connectivity index (χ1) is 15.6. The Morgan fingerprint density at radius 2 is 1.78 bits per heavy atom. The molecule has 162 valence electrons. The lowest BCUT2D eigenvalue weighted by Crippen LogP contribution is -2.42. The Labute approximate surface area is 190 Å². The van der Waals surface area contributed by atoms with Gasteiger partial charge in [0.2, 0.25) is 5.91 Å². The zero-order valence-electron chi connectivity index (χ0n) is 17.4. The molecule has 2 aromatic carbocycles. The first-order valence-corrected chi connectivity index (χ1v) is 10.9. The van der Waals surface area contributed by atoms with E-state index in [9.17, 15) is 9.59 Å². The van der Waals surface area contributed by atoms with Crippen LogP contribution in [0.15, 0.2) is 66.5 Å². The molecule has 5 rings (SSSR count). The molecule has 0 bridgehead atoms. The van der Waals surface area contributed by atoms with Gasteiger partial charge in [0, 0.05) is 35.8 Å². The van der Waals surface area contributed by atoms with Crippen molar-refractivity contribution < 1.29 is 14.3 Å². The first-order valence-electron chi connectivity index (χ1n) is 10.5. The molecule has 3 heterocycles. The van der Waals surface area contributed by atoms with Crippen LogP contribution in [0, 0.1) is 0 Å². The molecule has 8 heteroatoms. The maximum absolute atomic E-state index is 13.1. The molecule has 3 aromatic rings. The third-order valence-corrected chi connectivity index (χ3v) is 5.97. The van der Waals surface area contributed by atoms with Crippen LogP contribution in [-0.4, -0.2) is 52.7 Å². The fourth-order valence-electron chi connectivity index (χ4n) is 4.08. The van der Waals surface area contributed by atoms with E-state index in [2.05, 4.69) is 5.32 Å². The largest absolute Gasteiger partial charge is 0.378 e. The Hall–Kier alpha value is -3.49. The van der Waals surface area contributed by atoms with Gasteiger partial charge in [-0.15, -0.1) is 0 Å². The number of aromatic nitrogens is 1. The van der Waals surface area contributed by atoms with Gasteiger partial charge in [0.15, 0.2) is 5.11 Å². The Bertz CT molecular complexity index is 1230. The standard InChI is InChI=1S/C24H22N4O3S/c29-22(26-10-12-31-13-11-26)16-27-15-17(19-8-4-5-9-21(19)27)14-20-23(30)28(24(32)25-20)18-6-2-1-3-7-18/h1-9,14-15H,10-13,16H2,(H,25,32)/b20-14-. The van der Waals surface area contributed by atoms with Crippen molar-refractivity contribution in [2.45, 2.75) is 6.54 Å². The van der Waals surface area contributed by atoms with Gasteiger partial charge in [0.05, 0.1) is 18.9 Å². The van der Waals surface area contributed by atoms with E-state index >= 15 is 0 Å². The number of nitrogens with one attached hydrogen (secondary N) is 1. The molecular weight excluding hydrogens is 424 g/mol. The Morgan fingerprint density at radius 3 is 2.56 bits per heavy atom. The Kier molecular flexibility index (Phi) is 5.46. The van der Waals surface area contributed by atoms with E-state index in [1.807, 2.05) is 70.3 Å². The van der Waals surface area contributed by atoms with Crippen molar-refractivity contribution in [1.82, 2.24) is 14.8 Å². The number of hydrogen-bond acceptors (Lipinski definition) is 4. The number of morpholine rings is 1. The molecule has 2 saturated heterocycles. The molecule has 32 heavy (non-hydrogen) atoms. The summed E-state index contributed by atoms with van der Waals surface area (Å²) in [5, 5.41) is 4.35. The Balaban J connectivity index is 1.46. The number of ether oxygens (including phenoxy) is 1. The van der Waals surface area contributed by atoms with E-state index in [0.29, 0.717) is 37.1 Å². The predicted octanol–water partition coefficient (Wildman–Crippen LogP) is 2.76. The molecule has 2 amide bonds. The van der Waals surface area contributed by atoms with Crippen LogP contribution in [-0.2, 0) is 20.9 Å². The van der Waals surface area contributed by atoms with E-state index in [1.54, 1.807) is 6.08 Å². The summed E-state index contributed by atoms with van der Waals surface area (Å²) in [7, 11) is 0. The van der Waals surface area contributed by atoms with Gasteiger partial charge >= 0.3 is 0 Å². The molecule has 2 aliphatic rings. The highest BCUT2D eigenvalue weighted by Crippen LogP contribution is 2.27. The summed E-state index contributed by atoms with van der Waals surface area (Å²) in [4.78, 5) is 29.2. The van der Waals surface area contributed by atoms with E-state index < -0.39 is 0 Å². The Morgan fingerprint density at radius 1 is 1.06 bits per heavy atom. The van der Waals surface area contributed by atoms with E-state index in [1.165, 1.54) is 4.90 Å². The predicted molar refractivity (Wildman–Crippen MR) is 127 cm³/mol. The van der Waals surface area contributed by atoms with Gasteiger partial charge < -0.3 is 19.5 Å². The van der Waals surface area contributed by atoms with Crippen LogP contribution < -0.4 is 10.2 Å². The highest BCUT2D eigenvalue weighted by molar-refractivity contribution is 7.80. The van der Waals surface area contributed by atoms with Gasteiger partial charge in [-0.05, 0) is 36.5 Å². The summed E-state index contributed by atoms with van der Waals surface area (Å²) >= 11 is 5.41. The second kappa shape index (κ2) is 8.57. The van der Waals surface area contributed by atoms with Crippen LogP contribution in [0.25, 0.3) is 17.0 Å². The van der Waals surface area contributed by atoms with Crippen molar-refractivity contribution >= 4 is 51.8 Å². The second-order valence-electron chi connectivity index (χ2n) is 7.69. The normalized spacial score (nSPS) is 17.9. The maximum Gasteiger partial charge on any atom is 0.281 e. The van der Waals surface area contributed by atoms with Crippen LogP contribution in [0.1, 0.15) is 5.56 Å². The number of para-hydroxylation sites is 2. The molecule has 1 N–H and O–H groups in total. The minimum atomic E-state index is -0.206. The molecule has 0 saturated carbocycles. The van der Waals surface area contributed by atoms with Crippen LogP contribution in [0.2, 0.25) is 0 Å². The van der Waals surface area contributed by atoms with Crippen LogP contribution in [0.5, 0.6) is 0 Å². The molecule has 1 aromatic heterocycles. The van der Waals surface area contributed by atoms with Crippen molar-refractivity contribution in [3.63, 3.8) is 0 Å². The number of thiocarbonyl (C=S) groups is 1. The van der Waals surface area contributed by atoms with Gasteiger partial charge in [0.25, 0.3) is 5.91 Å². The molecule has 0 unspecified atom stereocenters. The van der Waals surface area contributed by atoms with Gasteiger partial charge in [0.1, 0.15) is 12.2 Å². The molecule has 2 aliphatic heterocycles. The molecule has 0 atom stereocenters. The van der Waals surface area contributed by atoms with Crippen LogP contribution in [0.3, 0.4) is 0 Å². The number of carbonyl (C=O) groups is 2. The highest BCUT2D eigenvalue weighted by atomic mass is 32.1. The van der Waals surface area contributed by atoms with Crippen LogP contribution in [0.4, 0.5) is 5.69 Å². The van der Waals surface area contributed by atoms with Gasteiger partial charge in [-0.25, -0.2) is 0 Å². The van der Waals surface area contributed by atoms with E-state index in [0.717, 1.165) is 22.2 Å². The number of rotatable bonds is 4. The molecule has 0 aliphatic carbocycles. The average molecular weight is 447 g/mol. The summed E-state index contributed by atoms with van der Waals surface area (Å²) in [5.41, 5.74) is 2.91. The summed E-state index contributed by atoms with van der Waals surface area (Å²) in [6, 6.07) is 17.2. The third-order valence-electron chi connectivity index (χ3n) is 5.68. The number of carbonyl (C=O) groups excluding carboxylic acids is 2. The zero-order chi connectivity index (χ0) is 22.1. The molecular formula is C24H22N4O3S. The fourth-order valence-corrected chi connectivity index (χ4v) is 4.38. The monoisotopic (exact) mass is 446 g/mol. The number of hydrogen-bond donors (Lipinski definition) is 1. The minimum absolute atomic E-state index is 0.0553. The van der Waals surface area contributed by atoms with Crippen LogP contribution >= 0.6 is 12.2 Å². The number of nitrogens with zero attached hydrogens (tertiary/aromatic N) is 3. The SMILES string of the molecule is O=C(Cn1cc(/C=C2\NC(=S)N(c3ccccc3)C2=O)c2ccccc21)N1CCOCC1. The van der Waals surface area contributed by atoms with Crippen molar-refractivity contribution in [1.29, 1.82) is 0 Å². The van der Waals surface area contributed by atoms with E-state index in [-0.39, 0.29) is 18.4 Å². The lowest BCUT2D eigenvalue weighted by Gasteiger charge is -2.27. The summed E-state index contributed by atoms with van der Waals surface area (Å²) in [6.07, 6.45) is 3.72. The molecule has 0 spiro atoms. The number of anilines is 1. The smallest absolute Gasteiger partial charge is 0.281 e. The average Bonchev–Trinajstić information content (AvgIpc) is 3.31. The fraction of sp³-hybridized carbons (Fsp3) is 0.208. The number of benzene rings is 2. The lowest BCUT2D eigenvalue weighted by molar-refractivity contribution is -0.135. The summed E-state index contributed by atoms with van der Waals surface area (Å²) < 4.78 is 7.28. The quantitative estimate of drug-likeness (QED) is 0.493. The number of fused-ring (bicyclic) bond motifs is 1. The maximum atomic E-state index is 13.1. The molecule has 2 fully saturated rings. The topological polar surface area (TPSA) is 66.8 Å². The number of amides is 2. The lowest BCUT2D eigenvalue weighted by atomic mass is 10.1. The van der Waals surface area contributed by atoms with Crippen molar-refractivity contribution in [2.75, 3.05) is 31.2 Å². The zero-order valence-corrected chi connectivity index (χ0v) is 18.2. The van der Waals surface area contributed by atoms with Gasteiger partial charge in [-0.1, -0.05) is 36.4 Å². The van der Waals surface area contributed by atoms with Gasteiger partial charge in [-0.2, -0.15) is 0 Å². The van der Waals surface area contributed by atoms with Gasteiger partial charge in [-0.3, -0.25) is 14.5 Å². The molecule has 0 radical (unpaired) electrons. The summed E-state index contributed by atoms with van der Waals surface area (Å²) in [6.45, 7) is 2.60. The van der Waals surface area contributed by atoms with E-state index in [4.69, 9.17) is 17.0 Å². The minimum Gasteiger partial charge on any atom is -0.378 e. The van der Waals surface area contributed by atoms with Crippen molar-refractivity contribution in [3.05, 3.63) is 72.1 Å². The second-order valence-corrected chi connectivity index (χ2v) is 8.07. The van der Waals surface area contributed by atoms with Crippen molar-refractivity contribution in [2.24, 2.45) is 0 Å². The van der Waals surface area contributed by atoms with Crippen molar-refractivity contribution in [3.8, 4) is 0 Å².